The van der Waals surface area contributed by atoms with Crippen molar-refractivity contribution in [2.24, 2.45) is 0 Å². The van der Waals surface area contributed by atoms with E-state index in [9.17, 15) is 4.79 Å². The summed E-state index contributed by atoms with van der Waals surface area (Å²) in [5, 5.41) is 8.59. The third-order valence-corrected chi connectivity index (χ3v) is 5.56. The Bertz CT molecular complexity index is 947. The van der Waals surface area contributed by atoms with Crippen molar-refractivity contribution >= 4 is 17.5 Å². The number of amides is 1. The number of H-pyrrole nitrogens is 1. The third kappa shape index (κ3) is 4.32. The Kier molecular flexibility index (Phi) is 6.64. The molecule has 3 heterocycles. The Hall–Kier alpha value is -2.73. The lowest BCUT2D eigenvalue weighted by atomic mass is 9.88. The van der Waals surface area contributed by atoms with Crippen LogP contribution in [0.3, 0.4) is 0 Å². The molecular weight excluding hydrogens is 386 g/mol. The van der Waals surface area contributed by atoms with Crippen LogP contribution in [-0.4, -0.2) is 44.1 Å². The largest absolute Gasteiger partial charge is 0.343 e. The minimum Gasteiger partial charge on any atom is -0.343 e. The Balaban J connectivity index is 0.00000240. The second kappa shape index (κ2) is 9.18. The van der Waals surface area contributed by atoms with Gasteiger partial charge in [-0.3, -0.25) is 9.89 Å². The normalized spacial score (nSPS) is 14.5. The molecule has 6 nitrogen and oxygen atoms in total. The molecular formula is C22H26ClN5O. The van der Waals surface area contributed by atoms with E-state index in [4.69, 9.17) is 11.6 Å². The van der Waals surface area contributed by atoms with Gasteiger partial charge in [-0.1, -0.05) is 38.1 Å². The molecule has 4 rings (SSSR count). The Morgan fingerprint density at radius 1 is 1.21 bits per heavy atom. The maximum atomic E-state index is 12.0. The summed E-state index contributed by atoms with van der Waals surface area (Å²) in [6, 6.07) is 9.57. The Morgan fingerprint density at radius 3 is 2.55 bits per heavy atom. The average molecular weight is 412 g/mol. The van der Waals surface area contributed by atoms with E-state index in [0.29, 0.717) is 17.4 Å². The second-order valence-electron chi connectivity index (χ2n) is 6.97. The fourth-order valence-electron chi connectivity index (χ4n) is 3.81. The van der Waals surface area contributed by atoms with Crippen LogP contribution in [0.1, 0.15) is 45.2 Å². The van der Waals surface area contributed by atoms with E-state index < -0.39 is 0 Å². The van der Waals surface area contributed by atoms with Crippen molar-refractivity contribution in [1.29, 1.82) is 0 Å². The zero-order chi connectivity index (χ0) is 19.5. The molecule has 7 heteroatoms. The first-order valence-electron chi connectivity index (χ1n) is 9.55. The number of piperidine rings is 1. The standard InChI is InChI=1S/C21H22ClN5O.CH4/c1-2-18(28)27-11-8-15(9-12-27)21-19(17-7-10-23-13-24-17)20(25-26-21)14-3-5-16(22)6-4-14;/h3-7,10,13,15H,2,8-9,11-12H2,1H3,(H,25,26);1H4. The Morgan fingerprint density at radius 2 is 1.93 bits per heavy atom. The average Bonchev–Trinajstić information content (AvgIpc) is 3.19. The summed E-state index contributed by atoms with van der Waals surface area (Å²) in [6.45, 7) is 3.46. The maximum Gasteiger partial charge on any atom is 0.222 e. The molecule has 1 aliphatic rings. The number of likely N-dealkylation sites (tertiary alicyclic amines) is 1. The lowest BCUT2D eigenvalue weighted by Crippen LogP contribution is -2.37. The molecule has 0 saturated carbocycles. The number of carbonyl (C=O) groups excluding carboxylic acids is 1. The molecule has 1 aliphatic heterocycles. The number of rotatable bonds is 4. The molecule has 1 saturated heterocycles. The minimum absolute atomic E-state index is 0. The van der Waals surface area contributed by atoms with Gasteiger partial charge in [0.2, 0.25) is 5.91 Å². The van der Waals surface area contributed by atoms with Crippen molar-refractivity contribution in [1.82, 2.24) is 25.1 Å². The molecule has 0 bridgehead atoms. The summed E-state index contributed by atoms with van der Waals surface area (Å²) in [7, 11) is 0. The SMILES string of the molecule is C.CCC(=O)N1CCC(c2[nH]nc(-c3ccc(Cl)cc3)c2-c2ccncn2)CC1. The number of hydrogen-bond donors (Lipinski definition) is 1. The first kappa shape index (κ1) is 21.0. The fourth-order valence-corrected chi connectivity index (χ4v) is 3.93. The lowest BCUT2D eigenvalue weighted by molar-refractivity contribution is -0.131. The molecule has 0 unspecified atom stereocenters. The van der Waals surface area contributed by atoms with Gasteiger partial charge in [0.1, 0.15) is 12.0 Å². The zero-order valence-corrected chi connectivity index (χ0v) is 16.5. The molecule has 0 spiro atoms. The summed E-state index contributed by atoms with van der Waals surface area (Å²) in [5.74, 6) is 0.528. The lowest BCUT2D eigenvalue weighted by Gasteiger charge is -2.31. The molecule has 1 fully saturated rings. The van der Waals surface area contributed by atoms with E-state index in [-0.39, 0.29) is 13.3 Å². The summed E-state index contributed by atoms with van der Waals surface area (Å²) in [6.07, 6.45) is 5.67. The molecule has 1 aromatic carbocycles. The van der Waals surface area contributed by atoms with Gasteiger partial charge in [-0.2, -0.15) is 5.10 Å². The maximum absolute atomic E-state index is 12.0. The highest BCUT2D eigenvalue weighted by Crippen LogP contribution is 2.39. The Labute approximate surface area is 176 Å². The van der Waals surface area contributed by atoms with Crippen LogP contribution in [0.15, 0.2) is 42.9 Å². The topological polar surface area (TPSA) is 74.8 Å². The van der Waals surface area contributed by atoms with E-state index in [1.54, 1.807) is 12.5 Å². The minimum atomic E-state index is 0. The van der Waals surface area contributed by atoms with Gasteiger partial charge in [-0.15, -0.1) is 0 Å². The number of nitrogens with zero attached hydrogens (tertiary/aromatic N) is 4. The van der Waals surface area contributed by atoms with Gasteiger partial charge in [-0.05, 0) is 31.0 Å². The number of aromatic amines is 1. The highest BCUT2D eigenvalue weighted by molar-refractivity contribution is 6.30. The van der Waals surface area contributed by atoms with Crippen molar-refractivity contribution in [3.63, 3.8) is 0 Å². The molecule has 0 aliphatic carbocycles. The summed E-state index contributed by atoms with van der Waals surface area (Å²) >= 11 is 6.05. The van der Waals surface area contributed by atoms with Gasteiger partial charge in [0.05, 0.1) is 5.69 Å². The molecule has 3 aromatic rings. The quantitative estimate of drug-likeness (QED) is 0.659. The van der Waals surface area contributed by atoms with Crippen molar-refractivity contribution in [3.8, 4) is 22.5 Å². The predicted octanol–water partition coefficient (Wildman–Crippen LogP) is 4.94. The van der Waals surface area contributed by atoms with Crippen molar-refractivity contribution in [2.45, 2.75) is 39.5 Å². The van der Waals surface area contributed by atoms with Gasteiger partial charge in [0.15, 0.2) is 0 Å². The number of benzene rings is 1. The fraction of sp³-hybridized carbons (Fsp3) is 0.364. The second-order valence-corrected chi connectivity index (χ2v) is 7.41. The van der Waals surface area contributed by atoms with E-state index in [0.717, 1.165) is 54.1 Å². The molecule has 0 atom stereocenters. The van der Waals surface area contributed by atoms with E-state index in [2.05, 4.69) is 20.2 Å². The summed E-state index contributed by atoms with van der Waals surface area (Å²) in [4.78, 5) is 22.5. The van der Waals surface area contributed by atoms with Crippen LogP contribution >= 0.6 is 11.6 Å². The van der Waals surface area contributed by atoms with Crippen LogP contribution in [0, 0.1) is 0 Å². The number of hydrogen-bond acceptors (Lipinski definition) is 4. The van der Waals surface area contributed by atoms with Crippen LogP contribution in [0.2, 0.25) is 5.02 Å². The molecule has 29 heavy (non-hydrogen) atoms. The van der Waals surface area contributed by atoms with Gasteiger partial charge >= 0.3 is 0 Å². The van der Waals surface area contributed by atoms with Crippen molar-refractivity contribution in [2.75, 3.05) is 13.1 Å². The number of carbonyl (C=O) groups is 1. The van der Waals surface area contributed by atoms with Crippen LogP contribution in [0.25, 0.3) is 22.5 Å². The molecule has 2 aromatic heterocycles. The predicted molar refractivity (Wildman–Crippen MR) is 116 cm³/mol. The van der Waals surface area contributed by atoms with Gasteiger partial charge < -0.3 is 4.90 Å². The van der Waals surface area contributed by atoms with Gasteiger partial charge in [-0.25, -0.2) is 9.97 Å². The smallest absolute Gasteiger partial charge is 0.222 e. The van der Waals surface area contributed by atoms with Crippen molar-refractivity contribution in [3.05, 3.63) is 53.6 Å². The van der Waals surface area contributed by atoms with Crippen LogP contribution in [0.5, 0.6) is 0 Å². The van der Waals surface area contributed by atoms with E-state index in [1.165, 1.54) is 0 Å². The molecule has 0 radical (unpaired) electrons. The summed E-state index contributed by atoms with van der Waals surface area (Å²) in [5.41, 5.74) is 4.77. The molecule has 1 amide bonds. The number of halogens is 1. The monoisotopic (exact) mass is 411 g/mol. The van der Waals surface area contributed by atoms with E-state index in [1.807, 2.05) is 42.2 Å². The number of nitrogens with one attached hydrogen (secondary N) is 1. The van der Waals surface area contributed by atoms with Crippen molar-refractivity contribution < 1.29 is 4.79 Å². The highest BCUT2D eigenvalue weighted by Gasteiger charge is 2.28. The summed E-state index contributed by atoms with van der Waals surface area (Å²) < 4.78 is 0. The van der Waals surface area contributed by atoms with Crippen LogP contribution in [-0.2, 0) is 4.79 Å². The molecule has 152 valence electrons. The molecule has 1 N–H and O–H groups in total. The zero-order valence-electron chi connectivity index (χ0n) is 15.7. The van der Waals surface area contributed by atoms with Crippen LogP contribution in [0.4, 0.5) is 0 Å². The first-order valence-corrected chi connectivity index (χ1v) is 9.93. The number of aromatic nitrogens is 4. The highest BCUT2D eigenvalue weighted by atomic mass is 35.5. The van der Waals surface area contributed by atoms with Crippen LogP contribution < -0.4 is 0 Å². The van der Waals surface area contributed by atoms with E-state index >= 15 is 0 Å². The van der Waals surface area contributed by atoms with Gasteiger partial charge in [0, 0.05) is 53.5 Å². The third-order valence-electron chi connectivity index (χ3n) is 5.31. The first-order chi connectivity index (χ1) is 13.7. The van der Waals surface area contributed by atoms with Gasteiger partial charge in [0.25, 0.3) is 0 Å².